The molecule has 3 fully saturated rings. The van der Waals surface area contributed by atoms with Gasteiger partial charge >= 0.3 is 0 Å². The highest BCUT2D eigenvalue weighted by Gasteiger charge is 2.42. The minimum atomic E-state index is -2.62. The number of hydrogen-bond donors (Lipinski definition) is 1. The van der Waals surface area contributed by atoms with Crippen LogP contribution < -0.4 is 5.32 Å². The molecule has 198 valence electrons. The number of thiazole rings is 1. The third-order valence-electron chi connectivity index (χ3n) is 8.51. The van der Waals surface area contributed by atoms with Crippen molar-refractivity contribution in [1.82, 2.24) is 30.0 Å². The van der Waals surface area contributed by atoms with Crippen LogP contribution in [-0.4, -0.2) is 55.1 Å². The van der Waals surface area contributed by atoms with Gasteiger partial charge in [-0.2, -0.15) is 0 Å². The Morgan fingerprint density at radius 2 is 1.83 bits per heavy atom. The van der Waals surface area contributed by atoms with Crippen molar-refractivity contribution in [2.45, 2.75) is 115 Å². The number of halogens is 2. The Balaban J connectivity index is 1.22. The molecule has 10 heteroatoms. The topological polar surface area (TPSA) is 75.9 Å². The number of carbonyl (C=O) groups is 1. The Bertz CT molecular complexity index is 1020. The minimum absolute atomic E-state index is 0.0881. The number of alkyl halides is 2. The molecule has 1 saturated carbocycles. The van der Waals surface area contributed by atoms with Crippen LogP contribution in [-0.2, 0) is 4.79 Å². The van der Waals surface area contributed by atoms with E-state index in [1.165, 1.54) is 12.8 Å². The molecule has 2 aromatic rings. The maximum absolute atomic E-state index is 13.6. The minimum Gasteiger partial charge on any atom is -0.348 e. The number of rotatable bonds is 8. The fourth-order valence-electron chi connectivity index (χ4n) is 6.61. The Morgan fingerprint density at radius 1 is 1.14 bits per heavy atom. The predicted molar refractivity (Wildman–Crippen MR) is 135 cm³/mol. The Kier molecular flexibility index (Phi) is 7.45. The molecule has 3 atom stereocenters. The van der Waals surface area contributed by atoms with Gasteiger partial charge in [0.25, 0.3) is 0 Å². The average molecular weight is 521 g/mol. The van der Waals surface area contributed by atoms with E-state index in [1.54, 1.807) is 16.8 Å². The summed E-state index contributed by atoms with van der Waals surface area (Å²) in [6.45, 7) is 7.32. The second-order valence-electron chi connectivity index (χ2n) is 11.3. The van der Waals surface area contributed by atoms with E-state index in [2.05, 4.69) is 50.7 Å². The van der Waals surface area contributed by atoms with Gasteiger partial charge in [-0.15, -0.1) is 21.5 Å². The van der Waals surface area contributed by atoms with Crippen molar-refractivity contribution in [2.24, 2.45) is 5.92 Å². The number of amides is 1. The maximum Gasteiger partial charge on any atom is 0.248 e. The maximum atomic E-state index is 13.6. The standard InChI is InChI=1S/C26H38F2N6OS/c1-16(2)24-32-31-17(3)34(24)21-12-19-4-5-20(13-21)33(19)11-8-22(23-14-29-15-36-23)30-25(35)18-6-9-26(27,28)10-7-18/h14-16,18-22H,4-13H2,1-3H3,(H,30,35)/t19?,20?,21?,22-/m0/s1. The van der Waals surface area contributed by atoms with Gasteiger partial charge in [-0.3, -0.25) is 14.7 Å². The highest BCUT2D eigenvalue weighted by atomic mass is 32.1. The van der Waals surface area contributed by atoms with Crippen molar-refractivity contribution in [3.05, 3.63) is 28.2 Å². The van der Waals surface area contributed by atoms with E-state index < -0.39 is 5.92 Å². The molecular formula is C26H38F2N6OS. The highest BCUT2D eigenvalue weighted by Crippen LogP contribution is 2.43. The number of piperidine rings is 1. The number of fused-ring (bicyclic) bond motifs is 2. The van der Waals surface area contributed by atoms with Gasteiger partial charge in [0.2, 0.25) is 11.8 Å². The fourth-order valence-corrected chi connectivity index (χ4v) is 7.31. The van der Waals surface area contributed by atoms with Gasteiger partial charge < -0.3 is 9.88 Å². The summed E-state index contributed by atoms with van der Waals surface area (Å²) in [4.78, 5) is 20.9. The summed E-state index contributed by atoms with van der Waals surface area (Å²) >= 11 is 1.55. The van der Waals surface area contributed by atoms with Crippen LogP contribution in [0.25, 0.3) is 0 Å². The van der Waals surface area contributed by atoms with E-state index in [0.29, 0.717) is 24.0 Å². The van der Waals surface area contributed by atoms with Gasteiger partial charge in [-0.25, -0.2) is 8.78 Å². The number of aryl methyl sites for hydroxylation is 1. The molecule has 1 N–H and O–H groups in total. The van der Waals surface area contributed by atoms with Crippen molar-refractivity contribution >= 4 is 17.2 Å². The van der Waals surface area contributed by atoms with E-state index in [9.17, 15) is 13.6 Å². The van der Waals surface area contributed by atoms with Crippen LogP contribution in [0.3, 0.4) is 0 Å². The molecule has 7 nitrogen and oxygen atoms in total. The number of nitrogens with one attached hydrogen (secondary N) is 1. The van der Waals surface area contributed by atoms with Crippen LogP contribution in [0, 0.1) is 12.8 Å². The second kappa shape index (κ2) is 10.4. The molecule has 2 aromatic heterocycles. The fraction of sp³-hybridized carbons (Fsp3) is 0.769. The number of carbonyl (C=O) groups excluding carboxylic acids is 1. The summed E-state index contributed by atoms with van der Waals surface area (Å²) < 4.78 is 29.5. The average Bonchev–Trinajstić information content (AvgIpc) is 3.55. The molecule has 0 spiro atoms. The lowest BCUT2D eigenvalue weighted by atomic mass is 9.86. The van der Waals surface area contributed by atoms with Crippen molar-refractivity contribution < 1.29 is 13.6 Å². The summed E-state index contributed by atoms with van der Waals surface area (Å²) in [5.74, 6) is -0.602. The zero-order valence-corrected chi connectivity index (χ0v) is 22.3. The van der Waals surface area contributed by atoms with Gasteiger partial charge in [-0.05, 0) is 51.9 Å². The third kappa shape index (κ3) is 5.35. The van der Waals surface area contributed by atoms with Crippen LogP contribution in [0.2, 0.25) is 0 Å². The van der Waals surface area contributed by atoms with Crippen LogP contribution >= 0.6 is 11.3 Å². The molecule has 2 unspecified atom stereocenters. The Hall–Kier alpha value is -1.94. The van der Waals surface area contributed by atoms with Crippen molar-refractivity contribution in [2.75, 3.05) is 6.54 Å². The van der Waals surface area contributed by atoms with Crippen LogP contribution in [0.4, 0.5) is 8.78 Å². The quantitative estimate of drug-likeness (QED) is 0.504. The molecular weight excluding hydrogens is 482 g/mol. The smallest absolute Gasteiger partial charge is 0.248 e. The van der Waals surface area contributed by atoms with E-state index >= 15 is 0 Å². The predicted octanol–water partition coefficient (Wildman–Crippen LogP) is 5.41. The van der Waals surface area contributed by atoms with Crippen molar-refractivity contribution in [3.8, 4) is 0 Å². The number of hydrogen-bond acceptors (Lipinski definition) is 6. The monoisotopic (exact) mass is 520 g/mol. The molecule has 2 aliphatic heterocycles. The molecule has 1 aliphatic carbocycles. The van der Waals surface area contributed by atoms with E-state index in [1.807, 2.05) is 6.20 Å². The molecule has 2 bridgehead atoms. The van der Waals surface area contributed by atoms with Gasteiger partial charge in [0.05, 0.1) is 11.6 Å². The first-order valence-corrected chi connectivity index (χ1v) is 14.3. The van der Waals surface area contributed by atoms with E-state index in [4.69, 9.17) is 0 Å². The first kappa shape index (κ1) is 25.7. The summed E-state index contributed by atoms with van der Waals surface area (Å²) in [7, 11) is 0. The SMILES string of the molecule is Cc1nnc(C(C)C)n1C1CC2CCC(C1)N2CC[C@H](NC(=O)C1CCC(F)(F)CC1)c1cncs1. The molecule has 36 heavy (non-hydrogen) atoms. The Morgan fingerprint density at radius 3 is 2.44 bits per heavy atom. The summed E-state index contributed by atoms with van der Waals surface area (Å²) in [6, 6.07) is 1.35. The molecule has 0 radical (unpaired) electrons. The summed E-state index contributed by atoms with van der Waals surface area (Å²) in [6.07, 6.45) is 7.36. The van der Waals surface area contributed by atoms with Crippen molar-refractivity contribution in [1.29, 1.82) is 0 Å². The lowest BCUT2D eigenvalue weighted by Crippen LogP contribution is -2.45. The van der Waals surface area contributed by atoms with Gasteiger partial charge in [0.1, 0.15) is 11.6 Å². The highest BCUT2D eigenvalue weighted by molar-refractivity contribution is 7.09. The number of nitrogens with zero attached hydrogens (tertiary/aromatic N) is 5. The lowest BCUT2D eigenvalue weighted by molar-refractivity contribution is -0.130. The largest absolute Gasteiger partial charge is 0.348 e. The summed E-state index contributed by atoms with van der Waals surface area (Å²) in [5.41, 5.74) is 1.79. The molecule has 2 saturated heterocycles. The molecule has 3 aliphatic rings. The second-order valence-corrected chi connectivity index (χ2v) is 12.2. The normalized spacial score (nSPS) is 27.4. The van der Waals surface area contributed by atoms with Gasteiger partial charge in [-0.1, -0.05) is 13.8 Å². The third-order valence-corrected chi connectivity index (χ3v) is 9.40. The summed E-state index contributed by atoms with van der Waals surface area (Å²) in [5, 5.41) is 12.0. The van der Waals surface area contributed by atoms with Crippen LogP contribution in [0.1, 0.15) is 106 Å². The molecule has 0 aromatic carbocycles. The van der Waals surface area contributed by atoms with E-state index in [-0.39, 0.29) is 43.6 Å². The molecule has 5 rings (SSSR count). The Labute approximate surface area is 216 Å². The first-order valence-electron chi connectivity index (χ1n) is 13.5. The van der Waals surface area contributed by atoms with Crippen LogP contribution in [0.15, 0.2) is 11.7 Å². The zero-order valence-electron chi connectivity index (χ0n) is 21.5. The van der Waals surface area contributed by atoms with E-state index in [0.717, 1.165) is 42.3 Å². The van der Waals surface area contributed by atoms with Gasteiger partial charge in [0, 0.05) is 60.4 Å². The van der Waals surface area contributed by atoms with Gasteiger partial charge in [0.15, 0.2) is 0 Å². The van der Waals surface area contributed by atoms with Crippen molar-refractivity contribution in [3.63, 3.8) is 0 Å². The zero-order chi connectivity index (χ0) is 25.4. The first-order chi connectivity index (χ1) is 17.2. The van der Waals surface area contributed by atoms with Crippen LogP contribution in [0.5, 0.6) is 0 Å². The number of aromatic nitrogens is 4. The molecule has 4 heterocycles. The molecule has 1 amide bonds. The lowest BCUT2D eigenvalue weighted by Gasteiger charge is -2.40.